The third kappa shape index (κ3) is 5.19. The molecule has 0 unspecified atom stereocenters. The number of halogens is 1. The standard InChI is InChI=1S/C23H24BrN3O4/c1-6-30-20-11-15(7-10-19(20)31-14(2)28)13-25-27-21(29)17-12-16(24)8-9-18(17)26-22(27)23(3,4)5/h7-13H,6H2,1-5H3. The quantitative estimate of drug-likeness (QED) is 0.298. The van der Waals surface area contributed by atoms with Crippen molar-refractivity contribution < 1.29 is 14.3 Å². The van der Waals surface area contributed by atoms with Crippen LogP contribution < -0.4 is 15.0 Å². The van der Waals surface area contributed by atoms with Gasteiger partial charge in [-0.05, 0) is 48.9 Å². The van der Waals surface area contributed by atoms with Gasteiger partial charge in [-0.2, -0.15) is 9.78 Å². The Bertz CT molecular complexity index is 1230. The van der Waals surface area contributed by atoms with Crippen molar-refractivity contribution in [3.05, 3.63) is 62.6 Å². The minimum absolute atomic E-state index is 0.256. The number of esters is 1. The first-order valence-electron chi connectivity index (χ1n) is 9.82. The minimum Gasteiger partial charge on any atom is -0.490 e. The molecule has 8 heteroatoms. The topological polar surface area (TPSA) is 82.8 Å². The van der Waals surface area contributed by atoms with Crippen molar-refractivity contribution in [2.45, 2.75) is 40.0 Å². The van der Waals surface area contributed by atoms with Crippen molar-refractivity contribution in [1.29, 1.82) is 0 Å². The number of hydrogen-bond acceptors (Lipinski definition) is 6. The van der Waals surface area contributed by atoms with Crippen LogP contribution in [-0.4, -0.2) is 28.5 Å². The highest BCUT2D eigenvalue weighted by Gasteiger charge is 2.23. The molecule has 0 amide bonds. The second-order valence-corrected chi connectivity index (χ2v) is 8.86. The molecule has 0 saturated carbocycles. The second-order valence-electron chi connectivity index (χ2n) is 7.94. The van der Waals surface area contributed by atoms with Gasteiger partial charge in [0.05, 0.1) is 23.7 Å². The molecule has 7 nitrogen and oxygen atoms in total. The number of aromatic nitrogens is 2. The van der Waals surface area contributed by atoms with Crippen molar-refractivity contribution in [2.75, 3.05) is 6.61 Å². The second kappa shape index (κ2) is 9.01. The van der Waals surface area contributed by atoms with Gasteiger partial charge >= 0.3 is 5.97 Å². The number of fused-ring (bicyclic) bond motifs is 1. The first kappa shape index (κ1) is 22.7. The molecule has 1 aromatic heterocycles. The van der Waals surface area contributed by atoms with E-state index in [1.807, 2.05) is 39.8 Å². The summed E-state index contributed by atoms with van der Waals surface area (Å²) in [5, 5.41) is 4.92. The zero-order valence-corrected chi connectivity index (χ0v) is 19.7. The van der Waals surface area contributed by atoms with Gasteiger partial charge in [0.1, 0.15) is 5.82 Å². The number of ether oxygens (including phenoxy) is 2. The fourth-order valence-electron chi connectivity index (χ4n) is 2.98. The Kier molecular flexibility index (Phi) is 6.59. The summed E-state index contributed by atoms with van der Waals surface area (Å²) in [6.45, 7) is 9.51. The van der Waals surface area contributed by atoms with Crippen LogP contribution in [0.5, 0.6) is 11.5 Å². The van der Waals surface area contributed by atoms with Gasteiger partial charge in [-0.1, -0.05) is 36.7 Å². The summed E-state index contributed by atoms with van der Waals surface area (Å²) in [7, 11) is 0. The summed E-state index contributed by atoms with van der Waals surface area (Å²) in [5.74, 6) is 0.865. The molecule has 0 atom stereocenters. The van der Waals surface area contributed by atoms with Crippen LogP contribution in [0.2, 0.25) is 0 Å². The summed E-state index contributed by atoms with van der Waals surface area (Å²) in [6.07, 6.45) is 1.56. The van der Waals surface area contributed by atoms with Crippen molar-refractivity contribution in [2.24, 2.45) is 5.10 Å². The van der Waals surface area contributed by atoms with Gasteiger partial charge in [0.15, 0.2) is 11.5 Å². The average molecular weight is 486 g/mol. The average Bonchev–Trinajstić information content (AvgIpc) is 2.68. The van der Waals surface area contributed by atoms with Crippen LogP contribution in [0.1, 0.15) is 46.0 Å². The van der Waals surface area contributed by atoms with Gasteiger partial charge in [-0.15, -0.1) is 0 Å². The highest BCUT2D eigenvalue weighted by Crippen LogP contribution is 2.28. The van der Waals surface area contributed by atoms with E-state index in [1.165, 1.54) is 11.6 Å². The molecule has 0 aliphatic carbocycles. The molecule has 1 heterocycles. The highest BCUT2D eigenvalue weighted by molar-refractivity contribution is 9.10. The summed E-state index contributed by atoms with van der Waals surface area (Å²) in [6, 6.07) is 10.5. The Balaban J connectivity index is 2.12. The predicted molar refractivity (Wildman–Crippen MR) is 124 cm³/mol. The normalized spacial score (nSPS) is 11.8. The van der Waals surface area contributed by atoms with Gasteiger partial charge in [0.25, 0.3) is 5.56 Å². The molecule has 0 N–H and O–H groups in total. The fraction of sp³-hybridized carbons (Fsp3) is 0.304. The summed E-state index contributed by atoms with van der Waals surface area (Å²) in [4.78, 5) is 29.2. The van der Waals surface area contributed by atoms with E-state index in [0.29, 0.717) is 40.4 Å². The maximum Gasteiger partial charge on any atom is 0.308 e. The van der Waals surface area contributed by atoms with E-state index >= 15 is 0 Å². The monoisotopic (exact) mass is 485 g/mol. The van der Waals surface area contributed by atoms with Crippen LogP contribution >= 0.6 is 15.9 Å². The van der Waals surface area contributed by atoms with E-state index in [-0.39, 0.29) is 5.56 Å². The lowest BCUT2D eigenvalue weighted by atomic mass is 9.95. The van der Waals surface area contributed by atoms with Gasteiger partial charge < -0.3 is 9.47 Å². The lowest BCUT2D eigenvalue weighted by molar-refractivity contribution is -0.132. The molecule has 0 aliphatic rings. The number of hydrogen-bond donors (Lipinski definition) is 0. The van der Waals surface area contributed by atoms with Crippen LogP contribution in [0.15, 0.2) is 50.8 Å². The van der Waals surface area contributed by atoms with Crippen molar-refractivity contribution in [3.63, 3.8) is 0 Å². The fourth-order valence-corrected chi connectivity index (χ4v) is 3.34. The molecule has 162 valence electrons. The van der Waals surface area contributed by atoms with Gasteiger partial charge in [0.2, 0.25) is 0 Å². The zero-order valence-electron chi connectivity index (χ0n) is 18.1. The molecule has 0 fully saturated rings. The molecule has 0 saturated heterocycles. The van der Waals surface area contributed by atoms with Crippen LogP contribution in [0.4, 0.5) is 0 Å². The molecule has 0 aliphatic heterocycles. The first-order chi connectivity index (χ1) is 14.6. The van der Waals surface area contributed by atoms with Gasteiger partial charge in [0, 0.05) is 16.8 Å². The first-order valence-corrected chi connectivity index (χ1v) is 10.6. The van der Waals surface area contributed by atoms with Crippen LogP contribution in [0.3, 0.4) is 0 Å². The van der Waals surface area contributed by atoms with E-state index < -0.39 is 11.4 Å². The Morgan fingerprint density at radius 2 is 1.94 bits per heavy atom. The van der Waals surface area contributed by atoms with Crippen molar-refractivity contribution in [1.82, 2.24) is 9.66 Å². The smallest absolute Gasteiger partial charge is 0.308 e. The molecule has 0 bridgehead atoms. The summed E-state index contributed by atoms with van der Waals surface area (Å²) < 4.78 is 12.9. The highest BCUT2D eigenvalue weighted by atomic mass is 79.9. The molecular formula is C23H24BrN3O4. The Morgan fingerprint density at radius 1 is 1.19 bits per heavy atom. The van der Waals surface area contributed by atoms with Crippen molar-refractivity contribution >= 4 is 39.0 Å². The lowest BCUT2D eigenvalue weighted by Crippen LogP contribution is -2.29. The molecule has 3 aromatic rings. The summed E-state index contributed by atoms with van der Waals surface area (Å²) >= 11 is 3.41. The Hall–Kier alpha value is -3.00. The Morgan fingerprint density at radius 3 is 2.58 bits per heavy atom. The van der Waals surface area contributed by atoms with Gasteiger partial charge in [-0.3, -0.25) is 9.59 Å². The van der Waals surface area contributed by atoms with Gasteiger partial charge in [-0.25, -0.2) is 4.98 Å². The third-order valence-electron chi connectivity index (χ3n) is 4.32. The van der Waals surface area contributed by atoms with E-state index in [0.717, 1.165) is 4.47 Å². The number of nitrogens with zero attached hydrogens (tertiary/aromatic N) is 3. The molecule has 31 heavy (non-hydrogen) atoms. The molecular weight excluding hydrogens is 462 g/mol. The van der Waals surface area contributed by atoms with Crippen LogP contribution in [-0.2, 0) is 10.2 Å². The number of benzene rings is 2. The predicted octanol–water partition coefficient (Wildman–Crippen LogP) is 4.66. The maximum atomic E-state index is 13.2. The number of carbonyl (C=O) groups is 1. The lowest BCUT2D eigenvalue weighted by Gasteiger charge is -2.20. The van der Waals surface area contributed by atoms with E-state index in [2.05, 4.69) is 21.0 Å². The Labute approximate surface area is 188 Å². The SMILES string of the molecule is CCOc1cc(C=Nn2c(C(C)(C)C)nc3ccc(Br)cc3c2=O)ccc1OC(C)=O. The molecule has 0 spiro atoms. The minimum atomic E-state index is -0.433. The van der Waals surface area contributed by atoms with Crippen LogP contribution in [0.25, 0.3) is 10.9 Å². The van der Waals surface area contributed by atoms with Crippen LogP contribution in [0, 0.1) is 0 Å². The number of rotatable bonds is 5. The molecule has 0 radical (unpaired) electrons. The molecule has 3 rings (SSSR count). The van der Waals surface area contributed by atoms with E-state index in [4.69, 9.17) is 14.5 Å². The largest absolute Gasteiger partial charge is 0.490 e. The molecule has 2 aromatic carbocycles. The zero-order chi connectivity index (χ0) is 22.8. The third-order valence-corrected chi connectivity index (χ3v) is 4.82. The maximum absolute atomic E-state index is 13.2. The van der Waals surface area contributed by atoms with E-state index in [9.17, 15) is 9.59 Å². The summed E-state index contributed by atoms with van der Waals surface area (Å²) in [5.41, 5.74) is 0.636. The van der Waals surface area contributed by atoms with Crippen molar-refractivity contribution in [3.8, 4) is 11.5 Å². The van der Waals surface area contributed by atoms with E-state index in [1.54, 1.807) is 30.5 Å². The number of carbonyl (C=O) groups excluding carboxylic acids is 1.